The second-order valence-corrected chi connectivity index (χ2v) is 8.03. The summed E-state index contributed by atoms with van der Waals surface area (Å²) < 4.78 is 0. The van der Waals surface area contributed by atoms with Crippen molar-refractivity contribution in [3.63, 3.8) is 0 Å². The van der Waals surface area contributed by atoms with Crippen molar-refractivity contribution in [2.75, 3.05) is 13.6 Å². The molecule has 2 aliphatic rings. The first-order valence-electron chi connectivity index (χ1n) is 9.66. The van der Waals surface area contributed by atoms with Gasteiger partial charge in [-0.1, -0.05) is 48.0 Å². The quantitative estimate of drug-likeness (QED) is 0.834. The van der Waals surface area contributed by atoms with Crippen LogP contribution in [0, 0.1) is 0 Å². The highest BCUT2D eigenvalue weighted by atomic mass is 35.5. The molecule has 2 aromatic carbocycles. The normalized spacial score (nSPS) is 22.7. The maximum Gasteiger partial charge on any atom is 0.237 e. The molecule has 0 radical (unpaired) electrons. The number of carbonyl (C=O) groups excluding carboxylic acids is 1. The summed E-state index contributed by atoms with van der Waals surface area (Å²) in [7, 11) is 1.73. The molecule has 5 heteroatoms. The minimum Gasteiger partial charge on any atom is -0.358 e. The first-order chi connectivity index (χ1) is 13.1. The summed E-state index contributed by atoms with van der Waals surface area (Å²) in [4.78, 5) is 14.9. The van der Waals surface area contributed by atoms with Gasteiger partial charge in [0.1, 0.15) is 0 Å². The van der Waals surface area contributed by atoms with Crippen LogP contribution in [0.2, 0.25) is 5.02 Å². The van der Waals surface area contributed by atoms with Crippen LogP contribution in [0.5, 0.6) is 0 Å². The van der Waals surface area contributed by atoms with Crippen LogP contribution in [0.3, 0.4) is 0 Å². The number of rotatable bonds is 5. The summed E-state index contributed by atoms with van der Waals surface area (Å²) in [6.45, 7) is 1.70. The Morgan fingerprint density at radius 3 is 2.41 bits per heavy atom. The van der Waals surface area contributed by atoms with Crippen molar-refractivity contribution in [1.29, 1.82) is 0 Å². The molecule has 2 N–H and O–H groups in total. The van der Waals surface area contributed by atoms with Crippen molar-refractivity contribution in [3.8, 4) is 0 Å². The molecule has 4 nitrogen and oxygen atoms in total. The Labute approximate surface area is 165 Å². The minimum absolute atomic E-state index is 0.0583. The summed E-state index contributed by atoms with van der Waals surface area (Å²) in [5.41, 5.74) is 4.06. The maximum absolute atomic E-state index is 12.5. The zero-order valence-corrected chi connectivity index (χ0v) is 16.4. The number of likely N-dealkylation sites (tertiary alicyclic amines) is 1. The number of carbonyl (C=O) groups is 1. The van der Waals surface area contributed by atoms with Crippen molar-refractivity contribution in [3.05, 3.63) is 70.2 Å². The van der Waals surface area contributed by atoms with Crippen LogP contribution in [0.25, 0.3) is 0 Å². The Morgan fingerprint density at radius 2 is 1.78 bits per heavy atom. The summed E-state index contributed by atoms with van der Waals surface area (Å²) in [6, 6.07) is 17.3. The van der Waals surface area contributed by atoms with Crippen LogP contribution < -0.4 is 10.6 Å². The van der Waals surface area contributed by atoms with Crippen molar-refractivity contribution < 1.29 is 4.79 Å². The van der Waals surface area contributed by atoms with Gasteiger partial charge < -0.3 is 10.6 Å². The van der Waals surface area contributed by atoms with Gasteiger partial charge in [0.25, 0.3) is 0 Å². The van der Waals surface area contributed by atoms with Crippen LogP contribution in [0.1, 0.15) is 23.1 Å². The summed E-state index contributed by atoms with van der Waals surface area (Å²) >= 11 is 5.97. The first kappa shape index (κ1) is 18.5. The fraction of sp³-hybridized carbons (Fsp3) is 0.409. The molecule has 1 saturated heterocycles. The van der Waals surface area contributed by atoms with E-state index in [-0.39, 0.29) is 11.9 Å². The number of fused-ring (bicyclic) bond motifs is 1. The second-order valence-electron chi connectivity index (χ2n) is 7.60. The molecule has 1 amide bonds. The molecule has 142 valence electrons. The molecule has 1 fully saturated rings. The van der Waals surface area contributed by atoms with Gasteiger partial charge in [0.15, 0.2) is 0 Å². The molecule has 2 atom stereocenters. The van der Waals surface area contributed by atoms with E-state index in [4.69, 9.17) is 11.6 Å². The number of benzene rings is 2. The molecule has 2 aromatic rings. The lowest BCUT2D eigenvalue weighted by Crippen LogP contribution is -2.47. The Bertz CT molecular complexity index is 782. The predicted molar refractivity (Wildman–Crippen MR) is 109 cm³/mol. The second kappa shape index (κ2) is 8.01. The smallest absolute Gasteiger partial charge is 0.237 e. The lowest BCUT2D eigenvalue weighted by atomic mass is 10.1. The van der Waals surface area contributed by atoms with Gasteiger partial charge >= 0.3 is 0 Å². The number of halogens is 1. The number of amides is 1. The summed E-state index contributed by atoms with van der Waals surface area (Å²) in [5, 5.41) is 7.25. The fourth-order valence-electron chi connectivity index (χ4n) is 4.47. The SMILES string of the molecule is CNC(=O)[C@@H]1C[C@@H](NCc2ccc(Cl)cc2)CN1C1Cc2ccccc2C1. The highest BCUT2D eigenvalue weighted by Gasteiger charge is 2.41. The molecule has 0 bridgehead atoms. The van der Waals surface area contributed by atoms with Crippen molar-refractivity contribution in [1.82, 2.24) is 15.5 Å². The van der Waals surface area contributed by atoms with Gasteiger partial charge in [-0.05, 0) is 48.1 Å². The number of likely N-dealkylation sites (N-methyl/N-ethyl adjacent to an activating group) is 1. The average molecular weight is 384 g/mol. The monoisotopic (exact) mass is 383 g/mol. The number of nitrogens with zero attached hydrogens (tertiary/aromatic N) is 1. The molecule has 1 heterocycles. The van der Waals surface area contributed by atoms with Gasteiger partial charge in [-0.3, -0.25) is 9.69 Å². The van der Waals surface area contributed by atoms with E-state index in [1.165, 1.54) is 16.7 Å². The first-order valence-corrected chi connectivity index (χ1v) is 10.0. The molecule has 1 aliphatic heterocycles. The van der Waals surface area contributed by atoms with Crippen LogP contribution >= 0.6 is 11.6 Å². The van der Waals surface area contributed by atoms with E-state index in [2.05, 4.69) is 39.8 Å². The largest absolute Gasteiger partial charge is 0.358 e. The Kier molecular flexibility index (Phi) is 5.48. The lowest BCUT2D eigenvalue weighted by molar-refractivity contribution is -0.125. The third-order valence-corrected chi connectivity index (χ3v) is 6.15. The van der Waals surface area contributed by atoms with E-state index in [1.807, 2.05) is 24.3 Å². The van der Waals surface area contributed by atoms with Crippen LogP contribution in [-0.2, 0) is 24.2 Å². The zero-order valence-electron chi connectivity index (χ0n) is 15.6. The van der Waals surface area contributed by atoms with Gasteiger partial charge in [0.05, 0.1) is 6.04 Å². The predicted octanol–water partition coefficient (Wildman–Crippen LogP) is 2.79. The topological polar surface area (TPSA) is 44.4 Å². The molecule has 1 aliphatic carbocycles. The third kappa shape index (κ3) is 4.03. The molecular weight excluding hydrogens is 358 g/mol. The van der Waals surface area contributed by atoms with Gasteiger partial charge in [0.2, 0.25) is 5.91 Å². The van der Waals surface area contributed by atoms with E-state index >= 15 is 0 Å². The van der Waals surface area contributed by atoms with Gasteiger partial charge in [-0.25, -0.2) is 0 Å². The van der Waals surface area contributed by atoms with E-state index in [0.717, 1.165) is 37.4 Å². The Hall–Kier alpha value is -1.88. The standard InChI is InChI=1S/C22H26ClN3O/c1-24-22(27)21-12-19(25-13-15-6-8-18(23)9-7-15)14-26(21)20-10-16-4-2-3-5-17(16)11-20/h2-9,19-21,25H,10-14H2,1H3,(H,24,27)/t19-,21+/m1/s1. The van der Waals surface area contributed by atoms with E-state index in [1.54, 1.807) is 7.05 Å². The van der Waals surface area contributed by atoms with E-state index in [0.29, 0.717) is 12.1 Å². The van der Waals surface area contributed by atoms with Crippen molar-refractivity contribution in [2.45, 2.75) is 43.9 Å². The van der Waals surface area contributed by atoms with E-state index < -0.39 is 0 Å². The highest BCUT2D eigenvalue weighted by Crippen LogP contribution is 2.31. The fourth-order valence-corrected chi connectivity index (χ4v) is 4.60. The molecule has 0 aromatic heterocycles. The minimum atomic E-state index is -0.0583. The highest BCUT2D eigenvalue weighted by molar-refractivity contribution is 6.30. The third-order valence-electron chi connectivity index (χ3n) is 5.89. The zero-order chi connectivity index (χ0) is 18.8. The molecule has 0 spiro atoms. The van der Waals surface area contributed by atoms with Gasteiger partial charge in [-0.15, -0.1) is 0 Å². The van der Waals surface area contributed by atoms with Crippen LogP contribution in [0.15, 0.2) is 48.5 Å². The molecule has 0 saturated carbocycles. The summed E-state index contributed by atoms with van der Waals surface area (Å²) in [5.74, 6) is 0.127. The van der Waals surface area contributed by atoms with Crippen molar-refractivity contribution in [2.24, 2.45) is 0 Å². The maximum atomic E-state index is 12.5. The molecule has 27 heavy (non-hydrogen) atoms. The molecule has 0 unspecified atom stereocenters. The van der Waals surface area contributed by atoms with Crippen LogP contribution in [-0.4, -0.2) is 42.5 Å². The number of nitrogens with one attached hydrogen (secondary N) is 2. The van der Waals surface area contributed by atoms with Gasteiger partial charge in [0, 0.05) is 37.2 Å². The Balaban J connectivity index is 1.43. The number of hydrogen-bond acceptors (Lipinski definition) is 3. The lowest BCUT2D eigenvalue weighted by Gasteiger charge is -2.29. The molecular formula is C22H26ClN3O. The Morgan fingerprint density at radius 1 is 1.11 bits per heavy atom. The average Bonchev–Trinajstić information content (AvgIpc) is 3.31. The van der Waals surface area contributed by atoms with E-state index in [9.17, 15) is 4.79 Å². The molecule has 4 rings (SSSR count). The van der Waals surface area contributed by atoms with Crippen LogP contribution in [0.4, 0.5) is 0 Å². The summed E-state index contributed by atoms with van der Waals surface area (Å²) in [6.07, 6.45) is 2.92. The number of hydrogen-bond donors (Lipinski definition) is 2. The van der Waals surface area contributed by atoms with Gasteiger partial charge in [-0.2, -0.15) is 0 Å². The van der Waals surface area contributed by atoms with Crippen molar-refractivity contribution >= 4 is 17.5 Å².